The van der Waals surface area contributed by atoms with Crippen molar-refractivity contribution >= 4 is 28.8 Å². The molecule has 10 nitrogen and oxygen atoms in total. The van der Waals surface area contributed by atoms with Crippen LogP contribution >= 0.6 is 11.6 Å². The first-order chi connectivity index (χ1) is 15.4. The molecule has 0 fully saturated rings. The Labute approximate surface area is 188 Å². The Morgan fingerprint density at radius 3 is 2.91 bits per heavy atom. The van der Waals surface area contributed by atoms with Crippen molar-refractivity contribution in [1.82, 2.24) is 24.4 Å². The number of halogens is 1. The Morgan fingerprint density at radius 2 is 2.16 bits per heavy atom. The minimum Gasteiger partial charge on any atom is -0.496 e. The van der Waals surface area contributed by atoms with Crippen LogP contribution in [-0.4, -0.2) is 59.8 Å². The number of ether oxygens (including phenoxy) is 1. The lowest BCUT2D eigenvalue weighted by atomic mass is 10.1. The van der Waals surface area contributed by atoms with Gasteiger partial charge in [0.1, 0.15) is 17.0 Å². The van der Waals surface area contributed by atoms with Crippen molar-refractivity contribution in [3.63, 3.8) is 0 Å². The van der Waals surface area contributed by atoms with Crippen LogP contribution in [0.25, 0.3) is 16.9 Å². The maximum absolute atomic E-state index is 13.0. The Bertz CT molecular complexity index is 1270. The summed E-state index contributed by atoms with van der Waals surface area (Å²) in [7, 11) is 1.52. The fourth-order valence-corrected chi connectivity index (χ4v) is 3.36. The van der Waals surface area contributed by atoms with E-state index in [4.69, 9.17) is 16.3 Å². The molecule has 1 aromatic carbocycles. The van der Waals surface area contributed by atoms with Crippen LogP contribution in [0.3, 0.4) is 0 Å². The Hall–Kier alpha value is -3.47. The molecule has 0 aliphatic rings. The summed E-state index contributed by atoms with van der Waals surface area (Å²) in [4.78, 5) is 17.3. The molecule has 0 aliphatic heterocycles. The molecule has 2 atom stereocenters. The minimum absolute atomic E-state index is 0.0156. The van der Waals surface area contributed by atoms with Gasteiger partial charge in [-0.2, -0.15) is 10.2 Å². The number of amides is 1. The number of nitrogens with zero attached hydrogens (tertiary/aromatic N) is 5. The zero-order valence-electron chi connectivity index (χ0n) is 17.3. The first kappa shape index (κ1) is 21.8. The number of benzene rings is 1. The molecule has 32 heavy (non-hydrogen) atoms. The van der Waals surface area contributed by atoms with Crippen LogP contribution in [0.1, 0.15) is 17.3 Å². The third kappa shape index (κ3) is 4.28. The van der Waals surface area contributed by atoms with E-state index in [-0.39, 0.29) is 12.1 Å². The summed E-state index contributed by atoms with van der Waals surface area (Å²) in [6.45, 7) is 1.50. The van der Waals surface area contributed by atoms with Gasteiger partial charge in [-0.1, -0.05) is 11.6 Å². The fourth-order valence-electron chi connectivity index (χ4n) is 3.19. The number of nitrogens with one attached hydrogen (secondary N) is 1. The highest BCUT2D eigenvalue weighted by Gasteiger charge is 2.22. The second-order valence-corrected chi connectivity index (χ2v) is 7.60. The van der Waals surface area contributed by atoms with Gasteiger partial charge in [0.25, 0.3) is 5.91 Å². The third-order valence-electron chi connectivity index (χ3n) is 4.88. The van der Waals surface area contributed by atoms with Crippen LogP contribution in [0.15, 0.2) is 49.1 Å². The minimum atomic E-state index is -1.05. The quantitative estimate of drug-likeness (QED) is 0.389. The lowest BCUT2D eigenvalue weighted by Gasteiger charge is -2.13. The SMILES string of the molecule is COc1ccc(Cl)cc1-c1nn(C[C@@H](O)[C@H](C)O)cc1NC(=O)c1cnn2cccnc12. The van der Waals surface area contributed by atoms with Gasteiger partial charge in [-0.3, -0.25) is 9.48 Å². The Kier molecular flexibility index (Phi) is 6.08. The molecule has 0 aliphatic carbocycles. The molecule has 3 heterocycles. The Balaban J connectivity index is 1.75. The summed E-state index contributed by atoms with van der Waals surface area (Å²) in [6.07, 6.45) is 4.27. The standard InChI is InChI=1S/C21H21ClN6O4/c1-12(29)17(30)11-27-10-16(19(26-27)14-8-13(22)4-5-18(14)32-2)25-21(31)15-9-24-28-7-3-6-23-20(15)28/h3-10,12,17,29-30H,11H2,1-2H3,(H,25,31)/t12-,17+/m0/s1. The topological polar surface area (TPSA) is 127 Å². The van der Waals surface area contributed by atoms with Crippen molar-refractivity contribution in [2.75, 3.05) is 12.4 Å². The summed E-state index contributed by atoms with van der Waals surface area (Å²) in [6, 6.07) is 6.76. The number of carbonyl (C=O) groups is 1. The van der Waals surface area contributed by atoms with Gasteiger partial charge in [0.15, 0.2) is 5.65 Å². The van der Waals surface area contributed by atoms with Crippen LogP contribution < -0.4 is 10.1 Å². The van der Waals surface area contributed by atoms with Crippen molar-refractivity contribution in [2.45, 2.75) is 25.7 Å². The first-order valence-electron chi connectivity index (χ1n) is 9.74. The molecular weight excluding hydrogens is 436 g/mol. The van der Waals surface area contributed by atoms with Crippen LogP contribution in [0.4, 0.5) is 5.69 Å². The van der Waals surface area contributed by atoms with E-state index in [9.17, 15) is 15.0 Å². The molecule has 0 unspecified atom stereocenters. The summed E-state index contributed by atoms with van der Waals surface area (Å²) in [5, 5.41) is 31.7. The Morgan fingerprint density at radius 1 is 1.34 bits per heavy atom. The van der Waals surface area contributed by atoms with E-state index in [1.165, 1.54) is 29.4 Å². The van der Waals surface area contributed by atoms with E-state index in [1.807, 2.05) is 0 Å². The smallest absolute Gasteiger partial charge is 0.261 e. The second kappa shape index (κ2) is 8.95. The van der Waals surface area contributed by atoms with E-state index in [0.717, 1.165) is 0 Å². The molecule has 0 saturated heterocycles. The van der Waals surface area contributed by atoms with E-state index in [2.05, 4.69) is 20.5 Å². The third-order valence-corrected chi connectivity index (χ3v) is 5.12. The highest BCUT2D eigenvalue weighted by Crippen LogP contribution is 2.36. The zero-order chi connectivity index (χ0) is 22.8. The van der Waals surface area contributed by atoms with Gasteiger partial charge in [0.2, 0.25) is 0 Å². The highest BCUT2D eigenvalue weighted by molar-refractivity contribution is 6.31. The van der Waals surface area contributed by atoms with Gasteiger partial charge in [0, 0.05) is 29.2 Å². The number of carbonyl (C=O) groups excluding carboxylic acids is 1. The van der Waals surface area contributed by atoms with E-state index >= 15 is 0 Å². The number of anilines is 1. The summed E-state index contributed by atoms with van der Waals surface area (Å²) in [5.41, 5.74) is 2.00. The molecule has 0 bridgehead atoms. The number of aromatic nitrogens is 5. The lowest BCUT2D eigenvalue weighted by Crippen LogP contribution is -2.27. The predicted octanol–water partition coefficient (Wildman–Crippen LogP) is 2.25. The number of hydrogen-bond donors (Lipinski definition) is 3. The molecule has 3 N–H and O–H groups in total. The van der Waals surface area contributed by atoms with Crippen molar-refractivity contribution in [3.05, 3.63) is 59.6 Å². The van der Waals surface area contributed by atoms with Gasteiger partial charge in [-0.15, -0.1) is 0 Å². The number of rotatable bonds is 7. The van der Waals surface area contributed by atoms with Gasteiger partial charge in [-0.05, 0) is 31.2 Å². The average molecular weight is 457 g/mol. The molecule has 166 valence electrons. The van der Waals surface area contributed by atoms with Crippen molar-refractivity contribution in [2.24, 2.45) is 0 Å². The summed E-state index contributed by atoms with van der Waals surface area (Å²) >= 11 is 6.19. The first-order valence-corrected chi connectivity index (χ1v) is 10.1. The molecule has 3 aromatic heterocycles. The largest absolute Gasteiger partial charge is 0.496 e. The van der Waals surface area contributed by atoms with Crippen LogP contribution in [-0.2, 0) is 6.54 Å². The highest BCUT2D eigenvalue weighted by atomic mass is 35.5. The zero-order valence-corrected chi connectivity index (χ0v) is 18.1. The predicted molar refractivity (Wildman–Crippen MR) is 118 cm³/mol. The van der Waals surface area contributed by atoms with Gasteiger partial charge in [-0.25, -0.2) is 9.50 Å². The maximum Gasteiger partial charge on any atom is 0.261 e. The van der Waals surface area contributed by atoms with Crippen molar-refractivity contribution in [3.8, 4) is 17.0 Å². The lowest BCUT2D eigenvalue weighted by molar-refractivity contribution is 0.0187. The molecule has 0 spiro atoms. The van der Waals surface area contributed by atoms with Crippen LogP contribution in [0.2, 0.25) is 5.02 Å². The molecule has 11 heteroatoms. The van der Waals surface area contributed by atoms with Gasteiger partial charge >= 0.3 is 0 Å². The van der Waals surface area contributed by atoms with Crippen LogP contribution in [0.5, 0.6) is 5.75 Å². The number of hydrogen-bond acceptors (Lipinski definition) is 7. The number of fused-ring (bicyclic) bond motifs is 1. The van der Waals surface area contributed by atoms with E-state index in [0.29, 0.717) is 33.4 Å². The van der Waals surface area contributed by atoms with Crippen molar-refractivity contribution < 1.29 is 19.7 Å². The van der Waals surface area contributed by atoms with Crippen molar-refractivity contribution in [1.29, 1.82) is 0 Å². The molecule has 0 radical (unpaired) electrons. The number of aliphatic hydroxyl groups is 2. The second-order valence-electron chi connectivity index (χ2n) is 7.17. The summed E-state index contributed by atoms with van der Waals surface area (Å²) < 4.78 is 8.38. The van der Waals surface area contributed by atoms with Crippen LogP contribution in [0, 0.1) is 0 Å². The van der Waals surface area contributed by atoms with E-state index in [1.54, 1.807) is 42.9 Å². The number of methoxy groups -OCH3 is 1. The molecule has 0 saturated carbocycles. The number of aliphatic hydroxyl groups excluding tert-OH is 2. The van der Waals surface area contributed by atoms with Gasteiger partial charge < -0.3 is 20.3 Å². The summed E-state index contributed by atoms with van der Waals surface area (Å²) in [5.74, 6) is 0.0699. The fraction of sp³-hybridized carbons (Fsp3) is 0.238. The normalized spacial score (nSPS) is 13.2. The van der Waals surface area contributed by atoms with Gasteiger partial charge in [0.05, 0.1) is 37.7 Å². The molecule has 4 rings (SSSR count). The molecule has 1 amide bonds. The monoisotopic (exact) mass is 456 g/mol. The van der Waals surface area contributed by atoms with E-state index < -0.39 is 18.1 Å². The molecule has 4 aromatic rings. The average Bonchev–Trinajstić information content (AvgIpc) is 3.37. The molecular formula is C21H21ClN6O4. The maximum atomic E-state index is 13.0.